The Morgan fingerprint density at radius 1 is 1.28 bits per heavy atom. The summed E-state index contributed by atoms with van der Waals surface area (Å²) in [7, 11) is 1.59. The maximum Gasteiger partial charge on any atom is 0.246 e. The number of nitrogens with zero attached hydrogens (tertiary/aromatic N) is 2. The molecule has 1 unspecified atom stereocenters. The highest BCUT2D eigenvalue weighted by molar-refractivity contribution is 4.96. The molecule has 2 N–H and O–H groups in total. The molecule has 6 nitrogen and oxygen atoms in total. The van der Waals surface area contributed by atoms with Gasteiger partial charge >= 0.3 is 0 Å². The molecule has 0 radical (unpaired) electrons. The summed E-state index contributed by atoms with van der Waals surface area (Å²) < 4.78 is 16.0. The van der Waals surface area contributed by atoms with Crippen molar-refractivity contribution in [2.75, 3.05) is 7.11 Å². The summed E-state index contributed by atoms with van der Waals surface area (Å²) in [6.07, 6.45) is -0.426. The smallest absolute Gasteiger partial charge is 0.246 e. The number of methoxy groups -OCH3 is 1. The first kappa shape index (κ1) is 15.1. The third kappa shape index (κ3) is 4.04. The Bertz CT molecular complexity index is 373. The highest BCUT2D eigenvalue weighted by Crippen LogP contribution is 2.21. The fraction of sp³-hybridized carbons (Fsp3) is 0.833. The standard InChI is InChI=1S/C12H23N3O3/c1-7(17-12(3,4)5)9(13)11-14-10(15-18-11)8(2)16-6/h7-9H,13H2,1-6H3/t7-,8?,9+/m1/s1. The topological polar surface area (TPSA) is 83.4 Å². The second-order valence-electron chi connectivity index (χ2n) is 5.33. The monoisotopic (exact) mass is 257 g/mol. The lowest BCUT2D eigenvalue weighted by Crippen LogP contribution is -2.33. The molecule has 0 spiro atoms. The molecule has 0 aliphatic heterocycles. The first-order valence-electron chi connectivity index (χ1n) is 6.04. The summed E-state index contributed by atoms with van der Waals surface area (Å²) in [5.41, 5.74) is 5.77. The molecule has 1 aromatic rings. The largest absolute Gasteiger partial charge is 0.374 e. The molecule has 104 valence electrons. The van der Waals surface area contributed by atoms with Crippen molar-refractivity contribution < 1.29 is 14.0 Å². The van der Waals surface area contributed by atoms with Crippen LogP contribution in [0.3, 0.4) is 0 Å². The van der Waals surface area contributed by atoms with Crippen molar-refractivity contribution in [3.8, 4) is 0 Å². The molecule has 0 saturated heterocycles. The molecule has 0 saturated carbocycles. The average molecular weight is 257 g/mol. The number of ether oxygens (including phenoxy) is 2. The molecule has 1 aromatic heterocycles. The van der Waals surface area contributed by atoms with Gasteiger partial charge in [-0.05, 0) is 34.6 Å². The van der Waals surface area contributed by atoms with Crippen molar-refractivity contribution in [3.05, 3.63) is 11.7 Å². The van der Waals surface area contributed by atoms with Crippen LogP contribution in [0, 0.1) is 0 Å². The van der Waals surface area contributed by atoms with E-state index in [4.69, 9.17) is 19.7 Å². The summed E-state index contributed by atoms with van der Waals surface area (Å²) in [5, 5.41) is 3.84. The third-order valence-electron chi connectivity index (χ3n) is 2.50. The van der Waals surface area contributed by atoms with E-state index in [1.807, 2.05) is 34.6 Å². The number of hydrogen-bond acceptors (Lipinski definition) is 6. The van der Waals surface area contributed by atoms with Crippen LogP contribution in [0.15, 0.2) is 4.52 Å². The van der Waals surface area contributed by atoms with E-state index >= 15 is 0 Å². The van der Waals surface area contributed by atoms with Gasteiger partial charge in [-0.25, -0.2) is 0 Å². The Kier molecular flexibility index (Phi) is 4.84. The Morgan fingerprint density at radius 3 is 2.39 bits per heavy atom. The molecular weight excluding hydrogens is 234 g/mol. The zero-order chi connectivity index (χ0) is 13.9. The fourth-order valence-corrected chi connectivity index (χ4v) is 1.48. The highest BCUT2D eigenvalue weighted by atomic mass is 16.5. The molecule has 1 rings (SSSR count). The molecule has 3 atom stereocenters. The SMILES string of the molecule is COC(C)c1noc([C@@H](N)[C@@H](C)OC(C)(C)C)n1. The maximum atomic E-state index is 6.04. The number of rotatable bonds is 5. The third-order valence-corrected chi connectivity index (χ3v) is 2.50. The first-order valence-corrected chi connectivity index (χ1v) is 6.04. The lowest BCUT2D eigenvalue weighted by atomic mass is 10.1. The van der Waals surface area contributed by atoms with E-state index in [1.165, 1.54) is 0 Å². The van der Waals surface area contributed by atoms with Crippen LogP contribution < -0.4 is 5.73 Å². The molecule has 0 bridgehead atoms. The van der Waals surface area contributed by atoms with Gasteiger partial charge in [-0.15, -0.1) is 0 Å². The lowest BCUT2D eigenvalue weighted by Gasteiger charge is -2.27. The molecule has 0 amide bonds. The minimum atomic E-state index is -0.450. The van der Waals surface area contributed by atoms with Gasteiger partial charge in [0.25, 0.3) is 0 Å². The van der Waals surface area contributed by atoms with E-state index in [2.05, 4.69) is 10.1 Å². The summed E-state index contributed by atoms with van der Waals surface area (Å²) in [5.74, 6) is 0.858. The Balaban J connectivity index is 2.72. The van der Waals surface area contributed by atoms with E-state index < -0.39 is 6.04 Å². The summed E-state index contributed by atoms with van der Waals surface area (Å²) in [6, 6.07) is -0.450. The molecule has 6 heteroatoms. The second kappa shape index (κ2) is 5.77. The molecule has 0 aliphatic carbocycles. The van der Waals surface area contributed by atoms with Crippen LogP contribution in [0.5, 0.6) is 0 Å². The zero-order valence-electron chi connectivity index (χ0n) is 11.9. The predicted octanol–water partition coefficient (Wildman–Crippen LogP) is 1.98. The molecule has 0 fully saturated rings. The molecule has 0 aromatic carbocycles. The Labute approximate surface area is 108 Å². The van der Waals surface area contributed by atoms with E-state index in [9.17, 15) is 0 Å². The summed E-state index contributed by atoms with van der Waals surface area (Å²) >= 11 is 0. The number of aromatic nitrogens is 2. The van der Waals surface area contributed by atoms with Crippen LogP contribution in [-0.4, -0.2) is 29.0 Å². The van der Waals surface area contributed by atoms with Gasteiger partial charge in [-0.3, -0.25) is 0 Å². The van der Waals surface area contributed by atoms with Gasteiger partial charge in [0.1, 0.15) is 12.1 Å². The Hall–Kier alpha value is -0.980. The van der Waals surface area contributed by atoms with E-state index in [-0.39, 0.29) is 17.8 Å². The van der Waals surface area contributed by atoms with Gasteiger partial charge < -0.3 is 19.7 Å². The van der Waals surface area contributed by atoms with Gasteiger partial charge in [0, 0.05) is 7.11 Å². The number of nitrogens with two attached hydrogens (primary N) is 1. The van der Waals surface area contributed by atoms with Gasteiger partial charge in [0.05, 0.1) is 11.7 Å². The van der Waals surface area contributed by atoms with E-state index in [0.717, 1.165) is 0 Å². The van der Waals surface area contributed by atoms with Crippen LogP contribution in [0.4, 0.5) is 0 Å². The predicted molar refractivity (Wildman–Crippen MR) is 67.0 cm³/mol. The maximum absolute atomic E-state index is 6.04. The van der Waals surface area contributed by atoms with Crippen molar-refractivity contribution in [1.82, 2.24) is 10.1 Å². The van der Waals surface area contributed by atoms with Crippen molar-refractivity contribution in [2.24, 2.45) is 5.73 Å². The van der Waals surface area contributed by atoms with Crippen LogP contribution in [-0.2, 0) is 9.47 Å². The van der Waals surface area contributed by atoms with E-state index in [1.54, 1.807) is 7.11 Å². The van der Waals surface area contributed by atoms with Crippen molar-refractivity contribution >= 4 is 0 Å². The van der Waals surface area contributed by atoms with Crippen molar-refractivity contribution in [1.29, 1.82) is 0 Å². The molecule has 1 heterocycles. The quantitative estimate of drug-likeness (QED) is 0.868. The molecule has 0 aliphatic rings. The highest BCUT2D eigenvalue weighted by Gasteiger charge is 2.26. The average Bonchev–Trinajstić information content (AvgIpc) is 2.73. The van der Waals surface area contributed by atoms with Gasteiger partial charge in [-0.1, -0.05) is 5.16 Å². The zero-order valence-corrected chi connectivity index (χ0v) is 11.9. The van der Waals surface area contributed by atoms with Crippen molar-refractivity contribution in [3.63, 3.8) is 0 Å². The van der Waals surface area contributed by atoms with Gasteiger partial charge in [0.2, 0.25) is 5.89 Å². The van der Waals surface area contributed by atoms with Crippen LogP contribution in [0.2, 0.25) is 0 Å². The van der Waals surface area contributed by atoms with Gasteiger partial charge in [0.15, 0.2) is 5.82 Å². The van der Waals surface area contributed by atoms with Crippen LogP contribution in [0.25, 0.3) is 0 Å². The number of hydrogen-bond donors (Lipinski definition) is 1. The lowest BCUT2D eigenvalue weighted by molar-refractivity contribution is -0.0652. The van der Waals surface area contributed by atoms with Crippen LogP contribution in [0.1, 0.15) is 58.5 Å². The minimum absolute atomic E-state index is 0.212. The minimum Gasteiger partial charge on any atom is -0.374 e. The van der Waals surface area contributed by atoms with Gasteiger partial charge in [-0.2, -0.15) is 4.98 Å². The normalized spacial score (nSPS) is 17.5. The fourth-order valence-electron chi connectivity index (χ4n) is 1.48. The summed E-state index contributed by atoms with van der Waals surface area (Å²) in [4.78, 5) is 4.22. The van der Waals surface area contributed by atoms with Crippen LogP contribution >= 0.6 is 0 Å². The summed E-state index contributed by atoms with van der Waals surface area (Å²) in [6.45, 7) is 9.65. The molecular formula is C12H23N3O3. The first-order chi connectivity index (χ1) is 8.24. The van der Waals surface area contributed by atoms with E-state index in [0.29, 0.717) is 11.7 Å². The second-order valence-corrected chi connectivity index (χ2v) is 5.33. The van der Waals surface area contributed by atoms with Crippen molar-refractivity contribution in [2.45, 2.75) is 58.5 Å². The Morgan fingerprint density at radius 2 is 1.89 bits per heavy atom. The molecule has 18 heavy (non-hydrogen) atoms.